The summed E-state index contributed by atoms with van der Waals surface area (Å²) >= 11 is 0. The Balaban J connectivity index is 1.82. The smallest absolute Gasteiger partial charge is 0.221 e. The summed E-state index contributed by atoms with van der Waals surface area (Å²) in [5, 5.41) is 14.8. The van der Waals surface area contributed by atoms with Gasteiger partial charge in [-0.3, -0.25) is 4.79 Å². The van der Waals surface area contributed by atoms with Crippen LogP contribution in [-0.4, -0.2) is 12.5 Å². The lowest BCUT2D eigenvalue weighted by molar-refractivity contribution is -0.114. The average molecular weight is 279 g/mol. The maximum Gasteiger partial charge on any atom is 0.221 e. The van der Waals surface area contributed by atoms with Crippen LogP contribution < -0.4 is 10.6 Å². The van der Waals surface area contributed by atoms with E-state index in [2.05, 4.69) is 16.7 Å². The summed E-state index contributed by atoms with van der Waals surface area (Å²) in [5.74, 6) is -0.0646. The van der Waals surface area contributed by atoms with E-state index in [1.165, 1.54) is 12.5 Å². The third-order valence-electron chi connectivity index (χ3n) is 3.03. The predicted octanol–water partition coefficient (Wildman–Crippen LogP) is 3.17. The molecule has 0 saturated carbocycles. The van der Waals surface area contributed by atoms with E-state index in [0.717, 1.165) is 24.3 Å². The molecule has 0 aliphatic carbocycles. The largest absolute Gasteiger partial charge is 0.385 e. The van der Waals surface area contributed by atoms with Crippen molar-refractivity contribution >= 4 is 17.3 Å². The first-order valence-corrected chi connectivity index (χ1v) is 6.78. The van der Waals surface area contributed by atoms with Crippen LogP contribution in [0.25, 0.3) is 0 Å². The van der Waals surface area contributed by atoms with E-state index < -0.39 is 0 Å². The van der Waals surface area contributed by atoms with Crippen molar-refractivity contribution in [3.8, 4) is 6.07 Å². The highest BCUT2D eigenvalue weighted by Gasteiger charge is 1.97. The lowest BCUT2D eigenvalue weighted by Crippen LogP contribution is -2.07. The molecule has 0 radical (unpaired) electrons. The molecule has 2 aromatic rings. The molecule has 21 heavy (non-hydrogen) atoms. The Morgan fingerprint density at radius 2 is 1.67 bits per heavy atom. The second-order valence-corrected chi connectivity index (χ2v) is 4.74. The zero-order valence-corrected chi connectivity index (χ0v) is 11.9. The Hall–Kier alpha value is -2.80. The van der Waals surface area contributed by atoms with Crippen LogP contribution in [-0.2, 0) is 11.2 Å². The lowest BCUT2D eigenvalue weighted by Gasteiger charge is -2.07. The molecule has 0 bridgehead atoms. The molecule has 4 nitrogen and oxygen atoms in total. The third kappa shape index (κ3) is 4.66. The molecule has 0 aromatic heterocycles. The molecule has 0 aliphatic rings. The number of nitrogens with zero attached hydrogens (tertiary/aromatic N) is 1. The number of rotatable bonds is 5. The van der Waals surface area contributed by atoms with Gasteiger partial charge in [0.05, 0.1) is 11.6 Å². The van der Waals surface area contributed by atoms with Crippen LogP contribution in [0.4, 0.5) is 11.4 Å². The first-order valence-electron chi connectivity index (χ1n) is 6.78. The molecule has 106 valence electrons. The van der Waals surface area contributed by atoms with Crippen molar-refractivity contribution in [1.82, 2.24) is 0 Å². The molecule has 1 amide bonds. The van der Waals surface area contributed by atoms with Crippen LogP contribution in [0.15, 0.2) is 48.5 Å². The zero-order chi connectivity index (χ0) is 15.1. The molecule has 2 rings (SSSR count). The quantitative estimate of drug-likeness (QED) is 0.883. The van der Waals surface area contributed by atoms with Gasteiger partial charge in [0.2, 0.25) is 5.91 Å². The zero-order valence-electron chi connectivity index (χ0n) is 11.9. The van der Waals surface area contributed by atoms with Crippen LogP contribution in [0, 0.1) is 11.3 Å². The molecule has 0 fully saturated rings. The maximum absolute atomic E-state index is 10.9. The summed E-state index contributed by atoms with van der Waals surface area (Å²) < 4.78 is 0. The van der Waals surface area contributed by atoms with Crippen molar-refractivity contribution in [1.29, 1.82) is 5.26 Å². The van der Waals surface area contributed by atoms with Gasteiger partial charge in [0.25, 0.3) is 0 Å². The summed E-state index contributed by atoms with van der Waals surface area (Å²) in [6.45, 7) is 2.31. The van der Waals surface area contributed by atoms with E-state index in [1.54, 1.807) is 12.1 Å². The monoisotopic (exact) mass is 279 g/mol. The fourth-order valence-corrected chi connectivity index (χ4v) is 1.97. The van der Waals surface area contributed by atoms with Crippen molar-refractivity contribution < 1.29 is 4.79 Å². The molecular formula is C17H17N3O. The van der Waals surface area contributed by atoms with Crippen molar-refractivity contribution in [3.63, 3.8) is 0 Å². The normalized spacial score (nSPS) is 9.71. The highest BCUT2D eigenvalue weighted by atomic mass is 16.1. The van der Waals surface area contributed by atoms with Crippen molar-refractivity contribution in [2.75, 3.05) is 17.2 Å². The Kier molecular flexibility index (Phi) is 4.94. The van der Waals surface area contributed by atoms with E-state index in [4.69, 9.17) is 5.26 Å². The number of carbonyl (C=O) groups excluding carboxylic acids is 1. The molecule has 0 spiro atoms. The number of carbonyl (C=O) groups is 1. The standard InChI is InChI=1S/C17H17N3O/c1-13(21)20-17-8-2-14(3-9-17)10-11-19-16-6-4-15(12-18)5-7-16/h2-9,19H,10-11H2,1H3,(H,20,21). The summed E-state index contributed by atoms with van der Waals surface area (Å²) in [6, 6.07) is 17.3. The van der Waals surface area contributed by atoms with Crippen LogP contribution in [0.2, 0.25) is 0 Å². The van der Waals surface area contributed by atoms with Gasteiger partial charge in [0, 0.05) is 24.8 Å². The van der Waals surface area contributed by atoms with Gasteiger partial charge in [-0.2, -0.15) is 5.26 Å². The summed E-state index contributed by atoms with van der Waals surface area (Å²) in [7, 11) is 0. The van der Waals surface area contributed by atoms with Gasteiger partial charge >= 0.3 is 0 Å². The van der Waals surface area contributed by atoms with Gasteiger partial charge in [-0.25, -0.2) is 0 Å². The van der Waals surface area contributed by atoms with Gasteiger partial charge in [-0.1, -0.05) is 12.1 Å². The highest BCUT2D eigenvalue weighted by Crippen LogP contribution is 2.11. The third-order valence-corrected chi connectivity index (χ3v) is 3.03. The molecule has 2 aromatic carbocycles. The molecule has 0 unspecified atom stereocenters. The molecule has 0 aliphatic heterocycles. The molecule has 0 heterocycles. The van der Waals surface area contributed by atoms with Gasteiger partial charge < -0.3 is 10.6 Å². The van der Waals surface area contributed by atoms with E-state index in [-0.39, 0.29) is 5.91 Å². The Morgan fingerprint density at radius 3 is 2.24 bits per heavy atom. The van der Waals surface area contributed by atoms with Gasteiger partial charge in [-0.05, 0) is 48.4 Å². The highest BCUT2D eigenvalue weighted by molar-refractivity contribution is 5.88. The fraction of sp³-hybridized carbons (Fsp3) is 0.176. The lowest BCUT2D eigenvalue weighted by atomic mass is 10.1. The van der Waals surface area contributed by atoms with Crippen molar-refractivity contribution in [2.24, 2.45) is 0 Å². The number of nitriles is 1. The van der Waals surface area contributed by atoms with E-state index in [0.29, 0.717) is 5.56 Å². The SMILES string of the molecule is CC(=O)Nc1ccc(CCNc2ccc(C#N)cc2)cc1. The second kappa shape index (κ2) is 7.11. The maximum atomic E-state index is 10.9. The molecule has 4 heteroatoms. The Labute approximate surface area is 124 Å². The van der Waals surface area contributed by atoms with E-state index >= 15 is 0 Å². The topological polar surface area (TPSA) is 64.9 Å². The van der Waals surface area contributed by atoms with Gasteiger partial charge in [-0.15, -0.1) is 0 Å². The second-order valence-electron chi connectivity index (χ2n) is 4.74. The van der Waals surface area contributed by atoms with Crippen LogP contribution in [0.1, 0.15) is 18.1 Å². The van der Waals surface area contributed by atoms with Gasteiger partial charge in [0.15, 0.2) is 0 Å². The Bertz CT molecular complexity index is 639. The first-order chi connectivity index (χ1) is 10.2. The van der Waals surface area contributed by atoms with Crippen LogP contribution >= 0.6 is 0 Å². The number of hydrogen-bond acceptors (Lipinski definition) is 3. The van der Waals surface area contributed by atoms with Crippen LogP contribution in [0.3, 0.4) is 0 Å². The van der Waals surface area contributed by atoms with Crippen LogP contribution in [0.5, 0.6) is 0 Å². The molecule has 0 atom stereocenters. The van der Waals surface area contributed by atoms with Crippen molar-refractivity contribution in [3.05, 3.63) is 59.7 Å². The Morgan fingerprint density at radius 1 is 1.05 bits per heavy atom. The molecule has 2 N–H and O–H groups in total. The first kappa shape index (κ1) is 14.6. The van der Waals surface area contributed by atoms with Gasteiger partial charge in [0.1, 0.15) is 0 Å². The van der Waals surface area contributed by atoms with Crippen molar-refractivity contribution in [2.45, 2.75) is 13.3 Å². The minimum Gasteiger partial charge on any atom is -0.385 e. The molecular weight excluding hydrogens is 262 g/mol. The van der Waals surface area contributed by atoms with E-state index in [1.807, 2.05) is 36.4 Å². The number of hydrogen-bond donors (Lipinski definition) is 2. The number of amides is 1. The average Bonchev–Trinajstić information content (AvgIpc) is 2.49. The number of benzene rings is 2. The summed E-state index contributed by atoms with van der Waals surface area (Å²) in [5.41, 5.74) is 3.68. The minimum atomic E-state index is -0.0646. The number of anilines is 2. The predicted molar refractivity (Wildman–Crippen MR) is 84.1 cm³/mol. The molecule has 0 saturated heterocycles. The van der Waals surface area contributed by atoms with E-state index in [9.17, 15) is 4.79 Å². The minimum absolute atomic E-state index is 0.0646. The summed E-state index contributed by atoms with van der Waals surface area (Å²) in [4.78, 5) is 10.9. The summed E-state index contributed by atoms with van der Waals surface area (Å²) in [6.07, 6.45) is 0.889. The fourth-order valence-electron chi connectivity index (χ4n) is 1.97. The number of nitrogens with one attached hydrogen (secondary N) is 2.